The van der Waals surface area contributed by atoms with E-state index in [0.29, 0.717) is 6.54 Å². The van der Waals surface area contributed by atoms with E-state index in [1.165, 1.54) is 10.8 Å². The fourth-order valence-corrected chi connectivity index (χ4v) is 2.19. The Kier molecular flexibility index (Phi) is 3.88. The SMILES string of the molecule is C=Cc1c(F)cc2c(=O)c(C(=O)OC)cn(CC)c2c1F. The Labute approximate surface area is 119 Å². The van der Waals surface area contributed by atoms with Crippen LogP contribution in [0.2, 0.25) is 0 Å². The van der Waals surface area contributed by atoms with Crippen molar-refractivity contribution in [2.45, 2.75) is 13.5 Å². The highest BCUT2D eigenvalue weighted by Crippen LogP contribution is 2.23. The highest BCUT2D eigenvalue weighted by atomic mass is 19.1. The van der Waals surface area contributed by atoms with E-state index in [1.807, 2.05) is 0 Å². The summed E-state index contributed by atoms with van der Waals surface area (Å²) in [4.78, 5) is 23.8. The second-order valence-electron chi connectivity index (χ2n) is 4.34. The van der Waals surface area contributed by atoms with E-state index in [9.17, 15) is 18.4 Å². The zero-order chi connectivity index (χ0) is 15.7. The van der Waals surface area contributed by atoms with Crippen LogP contribution in [-0.4, -0.2) is 17.6 Å². The van der Waals surface area contributed by atoms with Gasteiger partial charge in [-0.05, 0) is 13.0 Å². The van der Waals surface area contributed by atoms with Crippen LogP contribution in [0.15, 0.2) is 23.6 Å². The lowest BCUT2D eigenvalue weighted by Crippen LogP contribution is -2.21. The molecule has 0 atom stereocenters. The maximum Gasteiger partial charge on any atom is 0.343 e. The van der Waals surface area contributed by atoms with E-state index < -0.39 is 23.0 Å². The van der Waals surface area contributed by atoms with Crippen LogP contribution in [0.4, 0.5) is 8.78 Å². The van der Waals surface area contributed by atoms with Crippen LogP contribution in [0.5, 0.6) is 0 Å². The Morgan fingerprint density at radius 2 is 2.14 bits per heavy atom. The van der Waals surface area contributed by atoms with E-state index >= 15 is 0 Å². The van der Waals surface area contributed by atoms with Gasteiger partial charge in [0.25, 0.3) is 0 Å². The molecule has 0 fully saturated rings. The third-order valence-electron chi connectivity index (χ3n) is 3.24. The number of aryl methyl sites for hydroxylation is 1. The number of carbonyl (C=O) groups is 1. The van der Waals surface area contributed by atoms with Crippen LogP contribution in [-0.2, 0) is 11.3 Å². The summed E-state index contributed by atoms with van der Waals surface area (Å²) in [6.45, 7) is 5.36. The molecule has 110 valence electrons. The molecule has 0 saturated heterocycles. The molecular formula is C15H13F2NO3. The number of benzene rings is 1. The van der Waals surface area contributed by atoms with Crippen molar-refractivity contribution < 1.29 is 18.3 Å². The summed E-state index contributed by atoms with van der Waals surface area (Å²) >= 11 is 0. The van der Waals surface area contributed by atoms with Crippen molar-refractivity contribution in [2.24, 2.45) is 0 Å². The van der Waals surface area contributed by atoms with Crippen molar-refractivity contribution in [1.82, 2.24) is 4.57 Å². The summed E-state index contributed by atoms with van der Waals surface area (Å²) in [5, 5.41) is -0.208. The number of aromatic nitrogens is 1. The van der Waals surface area contributed by atoms with Gasteiger partial charge in [0.2, 0.25) is 5.43 Å². The first-order chi connectivity index (χ1) is 9.96. The standard InChI is InChI=1S/C15H13F2NO3/c1-4-8-11(16)6-9-13(12(8)17)18(5-2)7-10(14(9)19)15(20)21-3/h4,6-7H,1,5H2,2-3H3. The zero-order valence-electron chi connectivity index (χ0n) is 11.6. The number of nitrogens with zero attached hydrogens (tertiary/aromatic N) is 1. The van der Waals surface area contributed by atoms with E-state index in [2.05, 4.69) is 11.3 Å². The smallest absolute Gasteiger partial charge is 0.343 e. The van der Waals surface area contributed by atoms with E-state index in [-0.39, 0.29) is 22.0 Å². The van der Waals surface area contributed by atoms with E-state index in [1.54, 1.807) is 6.92 Å². The predicted octanol–water partition coefficient (Wildman–Crippen LogP) is 2.73. The van der Waals surface area contributed by atoms with Gasteiger partial charge in [0, 0.05) is 18.3 Å². The lowest BCUT2D eigenvalue weighted by Gasteiger charge is -2.13. The first kappa shape index (κ1) is 14.9. The fraction of sp³-hybridized carbons (Fsp3) is 0.200. The number of methoxy groups -OCH3 is 1. The minimum Gasteiger partial charge on any atom is -0.465 e. The molecule has 21 heavy (non-hydrogen) atoms. The first-order valence-corrected chi connectivity index (χ1v) is 6.22. The van der Waals surface area contributed by atoms with Gasteiger partial charge in [0.15, 0.2) is 5.82 Å². The lowest BCUT2D eigenvalue weighted by molar-refractivity contribution is 0.0598. The Hall–Kier alpha value is -2.50. The highest BCUT2D eigenvalue weighted by Gasteiger charge is 2.20. The van der Waals surface area contributed by atoms with Crippen molar-refractivity contribution in [3.63, 3.8) is 0 Å². The molecule has 0 unspecified atom stereocenters. The van der Waals surface area contributed by atoms with E-state index in [0.717, 1.165) is 19.3 Å². The van der Waals surface area contributed by atoms with Crippen LogP contribution in [0.25, 0.3) is 17.0 Å². The van der Waals surface area contributed by atoms with Gasteiger partial charge in [-0.1, -0.05) is 12.7 Å². The van der Waals surface area contributed by atoms with Crippen LogP contribution in [0, 0.1) is 11.6 Å². The normalized spacial score (nSPS) is 10.7. The molecule has 6 heteroatoms. The molecule has 0 radical (unpaired) electrons. The minimum absolute atomic E-state index is 0.0635. The average molecular weight is 293 g/mol. The molecule has 0 saturated carbocycles. The molecule has 0 aliphatic rings. The van der Waals surface area contributed by atoms with Gasteiger partial charge in [-0.15, -0.1) is 0 Å². The van der Waals surface area contributed by atoms with Crippen LogP contribution < -0.4 is 5.43 Å². The van der Waals surface area contributed by atoms with Crippen molar-refractivity contribution in [3.8, 4) is 0 Å². The van der Waals surface area contributed by atoms with Crippen LogP contribution in [0.3, 0.4) is 0 Å². The zero-order valence-corrected chi connectivity index (χ0v) is 11.6. The quantitative estimate of drug-likeness (QED) is 0.818. The number of esters is 1. The summed E-state index contributed by atoms with van der Waals surface area (Å²) in [6, 6.07) is 0.913. The number of halogens is 2. The molecule has 0 aliphatic carbocycles. The molecular weight excluding hydrogens is 280 g/mol. The number of rotatable bonds is 3. The van der Waals surface area contributed by atoms with Gasteiger partial charge >= 0.3 is 5.97 Å². The summed E-state index contributed by atoms with van der Waals surface area (Å²) < 4.78 is 34.1. The van der Waals surface area contributed by atoms with Crippen molar-refractivity contribution >= 4 is 22.9 Å². The number of ether oxygens (including phenoxy) is 1. The Bertz CT molecular complexity index is 809. The number of fused-ring (bicyclic) bond motifs is 1. The number of hydrogen-bond donors (Lipinski definition) is 0. The van der Waals surface area contributed by atoms with E-state index in [4.69, 9.17) is 0 Å². The molecule has 0 amide bonds. The van der Waals surface area contributed by atoms with Gasteiger partial charge in [-0.25, -0.2) is 13.6 Å². The number of pyridine rings is 1. The maximum absolute atomic E-state index is 14.4. The molecule has 1 aromatic carbocycles. The molecule has 1 heterocycles. The summed E-state index contributed by atoms with van der Waals surface area (Å²) in [5.74, 6) is -2.63. The molecule has 1 aromatic heterocycles. The van der Waals surface area contributed by atoms with Gasteiger partial charge < -0.3 is 9.30 Å². The second kappa shape index (κ2) is 5.47. The minimum atomic E-state index is -0.906. The third kappa shape index (κ3) is 2.22. The number of hydrogen-bond acceptors (Lipinski definition) is 3. The Balaban J connectivity index is 3.03. The number of carbonyl (C=O) groups excluding carboxylic acids is 1. The Morgan fingerprint density at radius 3 is 2.67 bits per heavy atom. The molecule has 2 rings (SSSR count). The predicted molar refractivity (Wildman–Crippen MR) is 75.2 cm³/mol. The molecule has 2 aromatic rings. The summed E-state index contributed by atoms with van der Waals surface area (Å²) in [7, 11) is 1.13. The van der Waals surface area contributed by atoms with Gasteiger partial charge in [-0.2, -0.15) is 0 Å². The monoisotopic (exact) mass is 293 g/mol. The maximum atomic E-state index is 14.4. The Morgan fingerprint density at radius 1 is 1.48 bits per heavy atom. The molecule has 4 nitrogen and oxygen atoms in total. The van der Waals surface area contributed by atoms with Crippen molar-refractivity contribution in [2.75, 3.05) is 7.11 Å². The molecule has 0 bridgehead atoms. The molecule has 0 aliphatic heterocycles. The highest BCUT2D eigenvalue weighted by molar-refractivity contribution is 5.94. The fourth-order valence-electron chi connectivity index (χ4n) is 2.19. The largest absolute Gasteiger partial charge is 0.465 e. The average Bonchev–Trinajstić information content (AvgIpc) is 2.48. The van der Waals surface area contributed by atoms with Crippen LogP contribution in [0.1, 0.15) is 22.8 Å². The summed E-state index contributed by atoms with van der Waals surface area (Å²) in [6.07, 6.45) is 2.26. The van der Waals surface area contributed by atoms with Gasteiger partial charge in [0.1, 0.15) is 11.4 Å². The van der Waals surface area contributed by atoms with Gasteiger partial charge in [-0.3, -0.25) is 4.79 Å². The third-order valence-corrected chi connectivity index (χ3v) is 3.24. The lowest BCUT2D eigenvalue weighted by atomic mass is 10.1. The topological polar surface area (TPSA) is 48.3 Å². The molecule has 0 spiro atoms. The van der Waals surface area contributed by atoms with Gasteiger partial charge in [0.05, 0.1) is 18.0 Å². The van der Waals surface area contributed by atoms with Crippen molar-refractivity contribution in [1.29, 1.82) is 0 Å². The summed E-state index contributed by atoms with van der Waals surface area (Å²) in [5.41, 5.74) is -1.41. The van der Waals surface area contributed by atoms with Crippen LogP contribution >= 0.6 is 0 Å². The van der Waals surface area contributed by atoms with Crippen molar-refractivity contribution in [3.05, 3.63) is 51.8 Å². The second-order valence-corrected chi connectivity index (χ2v) is 4.34. The molecule has 0 N–H and O–H groups in total. The first-order valence-electron chi connectivity index (χ1n) is 6.22.